The van der Waals surface area contributed by atoms with E-state index in [1.807, 2.05) is 41.3 Å². The van der Waals surface area contributed by atoms with E-state index < -0.39 is 0 Å². The van der Waals surface area contributed by atoms with Crippen molar-refractivity contribution in [2.45, 2.75) is 98.8 Å². The molecule has 0 saturated heterocycles. The fourth-order valence-electron chi connectivity index (χ4n) is 6.30. The van der Waals surface area contributed by atoms with Gasteiger partial charge in [0.25, 0.3) is 5.17 Å². The molecule has 0 spiro atoms. The lowest BCUT2D eigenvalue weighted by atomic mass is 10.1. The molecule has 49 heavy (non-hydrogen) atoms. The normalized spacial score (nSPS) is 11.7. The lowest BCUT2D eigenvalue weighted by Gasteiger charge is -2.34. The van der Waals surface area contributed by atoms with E-state index in [2.05, 4.69) is 79.3 Å². The molecule has 0 radical (unpaired) electrons. The van der Waals surface area contributed by atoms with E-state index >= 15 is 0 Å². The van der Waals surface area contributed by atoms with E-state index in [0.29, 0.717) is 18.0 Å². The Morgan fingerprint density at radius 2 is 1.18 bits per heavy atom. The fraction of sp³-hybridized carbons (Fsp3) is 0.500. The van der Waals surface area contributed by atoms with Crippen LogP contribution in [0.1, 0.15) is 98.8 Å². The predicted octanol–water partition coefficient (Wildman–Crippen LogP) is 11.0. The summed E-state index contributed by atoms with van der Waals surface area (Å²) in [5.74, 6) is 2.03. The van der Waals surface area contributed by atoms with Crippen molar-refractivity contribution in [2.75, 3.05) is 52.7 Å². The highest BCUT2D eigenvalue weighted by molar-refractivity contribution is 7.80. The molecular formula is C40H57N5O3S. The minimum absolute atomic E-state index is 0.199. The summed E-state index contributed by atoms with van der Waals surface area (Å²) in [5, 5.41) is 6.18. The highest BCUT2D eigenvalue weighted by Gasteiger charge is 2.30. The van der Waals surface area contributed by atoms with Gasteiger partial charge in [-0.3, -0.25) is 4.90 Å². The summed E-state index contributed by atoms with van der Waals surface area (Å²) >= 11 is 5.93. The Bertz CT molecular complexity index is 1410. The number of hydrogen-bond acceptors (Lipinski definition) is 6. The minimum Gasteiger partial charge on any atom is -0.453 e. The first-order valence-corrected chi connectivity index (χ1v) is 19.0. The van der Waals surface area contributed by atoms with Crippen LogP contribution in [0.4, 0.5) is 33.2 Å². The summed E-state index contributed by atoms with van der Waals surface area (Å²) in [6.07, 6.45) is 12.7. The van der Waals surface area contributed by atoms with Crippen molar-refractivity contribution in [3.8, 4) is 17.2 Å². The van der Waals surface area contributed by atoms with Gasteiger partial charge in [0.15, 0.2) is 11.5 Å². The summed E-state index contributed by atoms with van der Waals surface area (Å²) < 4.78 is 12.8. The van der Waals surface area contributed by atoms with Gasteiger partial charge in [-0.05, 0) is 94.9 Å². The lowest BCUT2D eigenvalue weighted by Crippen LogP contribution is -2.32. The molecule has 266 valence electrons. The van der Waals surface area contributed by atoms with Gasteiger partial charge in [0.05, 0.1) is 11.4 Å². The zero-order valence-corrected chi connectivity index (χ0v) is 31.2. The molecule has 4 rings (SSSR count). The number of thiocarbonyl (C=S) groups is 1. The molecule has 2 amide bonds. The van der Waals surface area contributed by atoms with Gasteiger partial charge >= 0.3 is 6.03 Å². The quantitative estimate of drug-likeness (QED) is 0.0960. The van der Waals surface area contributed by atoms with E-state index in [1.54, 1.807) is 0 Å². The van der Waals surface area contributed by atoms with Gasteiger partial charge in [-0.15, -0.1) is 0 Å². The smallest absolute Gasteiger partial charge is 0.319 e. The van der Waals surface area contributed by atoms with Crippen LogP contribution in [0.5, 0.6) is 17.2 Å². The van der Waals surface area contributed by atoms with Crippen LogP contribution in [0, 0.1) is 0 Å². The molecule has 1 heterocycles. The van der Waals surface area contributed by atoms with Crippen LogP contribution in [0.15, 0.2) is 60.7 Å². The molecule has 9 heteroatoms. The van der Waals surface area contributed by atoms with E-state index in [0.717, 1.165) is 73.3 Å². The maximum atomic E-state index is 12.5. The summed E-state index contributed by atoms with van der Waals surface area (Å²) in [6, 6.07) is 19.5. The van der Waals surface area contributed by atoms with Crippen molar-refractivity contribution in [1.82, 2.24) is 5.32 Å². The Hall–Kier alpha value is -3.98. The van der Waals surface area contributed by atoms with Crippen LogP contribution in [0.3, 0.4) is 0 Å². The van der Waals surface area contributed by atoms with Crippen LogP contribution in [-0.2, 0) is 0 Å². The lowest BCUT2D eigenvalue weighted by molar-refractivity contribution is 0.252. The van der Waals surface area contributed by atoms with Gasteiger partial charge in [-0.1, -0.05) is 64.7 Å². The maximum Gasteiger partial charge on any atom is 0.319 e. The van der Waals surface area contributed by atoms with Gasteiger partial charge in [0.2, 0.25) is 0 Å². The summed E-state index contributed by atoms with van der Waals surface area (Å²) in [7, 11) is 0. The number of hydrogen-bond donors (Lipinski definition) is 2. The Kier molecular flexibility index (Phi) is 15.3. The van der Waals surface area contributed by atoms with Crippen molar-refractivity contribution < 1.29 is 14.3 Å². The number of ether oxygens (including phenoxy) is 2. The number of nitrogens with zero attached hydrogens (tertiary/aromatic N) is 3. The Morgan fingerprint density at radius 1 is 0.694 bits per heavy atom. The molecule has 1 aliphatic heterocycles. The molecule has 0 fully saturated rings. The highest BCUT2D eigenvalue weighted by atomic mass is 32.1. The minimum atomic E-state index is -0.199. The Morgan fingerprint density at radius 3 is 1.67 bits per heavy atom. The zero-order valence-electron chi connectivity index (χ0n) is 30.4. The summed E-state index contributed by atoms with van der Waals surface area (Å²) in [4.78, 5) is 19.0. The molecule has 3 aromatic rings. The average Bonchev–Trinajstić information content (AvgIpc) is 3.11. The molecule has 0 bridgehead atoms. The average molecular weight is 688 g/mol. The molecule has 8 nitrogen and oxygen atoms in total. The monoisotopic (exact) mass is 687 g/mol. The third-order valence-electron chi connectivity index (χ3n) is 9.16. The van der Waals surface area contributed by atoms with Gasteiger partial charge in [0.1, 0.15) is 5.75 Å². The molecule has 2 N–H and O–H groups in total. The topological polar surface area (TPSA) is 69.3 Å². The Labute approximate surface area is 300 Å². The second kappa shape index (κ2) is 19.9. The third kappa shape index (κ3) is 10.8. The first-order chi connectivity index (χ1) is 23.9. The highest BCUT2D eigenvalue weighted by Crippen LogP contribution is 2.49. The van der Waals surface area contributed by atoms with Crippen molar-refractivity contribution in [2.24, 2.45) is 0 Å². The second-order valence-corrected chi connectivity index (χ2v) is 12.9. The number of fused-ring (bicyclic) bond motifs is 2. The van der Waals surface area contributed by atoms with E-state index in [1.165, 1.54) is 51.4 Å². The molecule has 0 unspecified atom stereocenters. The number of nitrogens with one attached hydrogen (secondary N) is 2. The first kappa shape index (κ1) is 37.8. The number of carbonyl (C=O) groups excluding carboxylic acids is 1. The summed E-state index contributed by atoms with van der Waals surface area (Å²) in [5.41, 5.74) is 4.51. The Balaban J connectivity index is 1.35. The van der Waals surface area contributed by atoms with Gasteiger partial charge in [0, 0.05) is 61.9 Å². The van der Waals surface area contributed by atoms with Gasteiger partial charge in [-0.2, -0.15) is 0 Å². The second-order valence-electron chi connectivity index (χ2n) is 12.5. The van der Waals surface area contributed by atoms with E-state index in [4.69, 9.17) is 21.7 Å². The van der Waals surface area contributed by atoms with Crippen LogP contribution in [-0.4, -0.2) is 43.9 Å². The molecule has 0 aliphatic carbocycles. The SMILES string of the molecule is CCCCCCCCCCCCNC(=O)Nc1ccc(OC(=S)N2c3ccc(N(CC)CC)cc3Oc3cc(N(CC)CC)ccc32)cc1. The van der Waals surface area contributed by atoms with Crippen molar-refractivity contribution in [3.05, 3.63) is 60.7 Å². The van der Waals surface area contributed by atoms with E-state index in [-0.39, 0.29) is 11.2 Å². The molecule has 0 aromatic heterocycles. The zero-order chi connectivity index (χ0) is 35.0. The molecular weight excluding hydrogens is 631 g/mol. The number of rotatable bonds is 19. The number of amides is 2. The molecule has 0 atom stereocenters. The third-order valence-corrected chi connectivity index (χ3v) is 9.43. The van der Waals surface area contributed by atoms with Crippen molar-refractivity contribution in [1.29, 1.82) is 0 Å². The fourth-order valence-corrected chi connectivity index (χ4v) is 6.59. The number of benzene rings is 3. The van der Waals surface area contributed by atoms with Crippen LogP contribution < -0.4 is 34.8 Å². The van der Waals surface area contributed by atoms with Gasteiger partial charge in [-0.25, -0.2) is 4.79 Å². The first-order valence-electron chi connectivity index (χ1n) is 18.5. The van der Waals surface area contributed by atoms with Crippen molar-refractivity contribution in [3.63, 3.8) is 0 Å². The standard InChI is InChI=1S/C40H57N5O3S/c1-6-11-12-13-14-15-16-17-18-19-28-41-39(46)42-31-20-24-34(25-21-31)47-40(49)45-35-26-22-32(43(7-2)8-3)29-37(35)48-38-30-33(23-27-36(38)45)44(9-4)10-5/h20-27,29-30H,6-19,28H2,1-5H3,(H2,41,42,46). The number of urea groups is 1. The van der Waals surface area contributed by atoms with Crippen LogP contribution in [0.25, 0.3) is 0 Å². The molecule has 0 saturated carbocycles. The van der Waals surface area contributed by atoms with Crippen molar-refractivity contribution >= 4 is 51.9 Å². The molecule has 1 aliphatic rings. The number of carbonyl (C=O) groups is 1. The number of unbranched alkanes of at least 4 members (excludes halogenated alkanes) is 9. The van der Waals surface area contributed by atoms with Crippen LogP contribution >= 0.6 is 12.2 Å². The largest absolute Gasteiger partial charge is 0.453 e. The predicted molar refractivity (Wildman–Crippen MR) is 211 cm³/mol. The van der Waals surface area contributed by atoms with E-state index in [9.17, 15) is 4.79 Å². The number of anilines is 5. The maximum absolute atomic E-state index is 12.5. The van der Waals surface area contributed by atoms with Gasteiger partial charge < -0.3 is 29.9 Å². The van der Waals surface area contributed by atoms with Crippen LogP contribution in [0.2, 0.25) is 0 Å². The summed E-state index contributed by atoms with van der Waals surface area (Å²) in [6.45, 7) is 15.1. The molecule has 3 aromatic carbocycles.